The summed E-state index contributed by atoms with van der Waals surface area (Å²) in [5, 5.41) is 8.05. The second-order valence-corrected chi connectivity index (χ2v) is 9.18. The summed E-state index contributed by atoms with van der Waals surface area (Å²) in [4.78, 5) is 14.7. The monoisotopic (exact) mass is 493 g/mol. The van der Waals surface area contributed by atoms with Crippen LogP contribution in [0.5, 0.6) is 11.5 Å². The molecule has 2 aromatic carbocycles. The van der Waals surface area contributed by atoms with Crippen molar-refractivity contribution in [2.75, 3.05) is 13.2 Å². The number of nitrogen functional groups attached to an aromatic ring is 1. The molecular weight excluding hydrogens is 461 g/mol. The van der Waals surface area contributed by atoms with E-state index in [1.54, 1.807) is 41.3 Å². The number of halogens is 2. The highest BCUT2D eigenvalue weighted by Gasteiger charge is 2.23. The highest BCUT2D eigenvalue weighted by Crippen LogP contribution is 2.35. The summed E-state index contributed by atoms with van der Waals surface area (Å²) in [5.74, 6) is 1.08. The van der Waals surface area contributed by atoms with Gasteiger partial charge in [-0.05, 0) is 83.4 Å². The van der Waals surface area contributed by atoms with E-state index >= 15 is 0 Å². The van der Waals surface area contributed by atoms with E-state index in [0.29, 0.717) is 40.1 Å². The molecule has 6 nitrogen and oxygen atoms in total. The first-order valence-corrected chi connectivity index (χ1v) is 11.9. The second kappa shape index (κ2) is 12.7. The number of nitrogens with zero attached hydrogens (tertiary/aromatic N) is 1. The van der Waals surface area contributed by atoms with Gasteiger partial charge in [0.05, 0.1) is 23.3 Å². The third-order valence-electron chi connectivity index (χ3n) is 5.06. The van der Waals surface area contributed by atoms with Crippen molar-refractivity contribution < 1.29 is 14.3 Å². The molecule has 1 amide bonds. The van der Waals surface area contributed by atoms with Crippen molar-refractivity contribution in [1.82, 2.24) is 4.90 Å². The number of hydrogen-bond acceptors (Lipinski definition) is 4. The lowest BCUT2D eigenvalue weighted by atomic mass is 10.1. The number of carbonyl (C=O) groups excluding carboxylic acids is 1. The zero-order valence-electron chi connectivity index (χ0n) is 19.7. The third-order valence-corrected chi connectivity index (χ3v) is 5.62. The molecule has 0 spiro atoms. The molecule has 0 aliphatic heterocycles. The molecule has 33 heavy (non-hydrogen) atoms. The molecule has 180 valence electrons. The number of nitrogens with one attached hydrogen (secondary N) is 1. The van der Waals surface area contributed by atoms with Crippen LogP contribution in [-0.4, -0.2) is 41.9 Å². The van der Waals surface area contributed by atoms with Crippen LogP contribution in [0.1, 0.15) is 62.9 Å². The van der Waals surface area contributed by atoms with Gasteiger partial charge in [-0.15, -0.1) is 0 Å². The minimum absolute atomic E-state index is 0.0380. The molecule has 0 heterocycles. The molecule has 2 rings (SSSR count). The number of ether oxygens (including phenoxy) is 2. The van der Waals surface area contributed by atoms with Gasteiger partial charge in [-0.25, -0.2) is 0 Å². The summed E-state index contributed by atoms with van der Waals surface area (Å²) in [6.07, 6.45) is 2.59. The Balaban J connectivity index is 1.79. The van der Waals surface area contributed by atoms with E-state index in [0.717, 1.165) is 25.0 Å². The highest BCUT2D eigenvalue weighted by molar-refractivity contribution is 6.37. The number of rotatable bonds is 12. The van der Waals surface area contributed by atoms with E-state index in [-0.39, 0.29) is 23.8 Å². The molecule has 2 aromatic rings. The normalized spacial score (nSPS) is 11.0. The first kappa shape index (κ1) is 26.8. The van der Waals surface area contributed by atoms with Crippen molar-refractivity contribution in [2.45, 2.75) is 59.0 Å². The number of carbonyl (C=O) groups is 1. The SMILES string of the molecule is CC(C)N(C(=O)c1cc(Cl)c(OCCCCCOc2ccc(C(=N)N)cc2)c(Cl)c1)C(C)C. The fourth-order valence-corrected chi connectivity index (χ4v) is 4.11. The second-order valence-electron chi connectivity index (χ2n) is 8.36. The maximum absolute atomic E-state index is 12.9. The van der Waals surface area contributed by atoms with Crippen molar-refractivity contribution >= 4 is 34.9 Å². The quantitative estimate of drug-likeness (QED) is 0.210. The summed E-state index contributed by atoms with van der Waals surface area (Å²) in [7, 11) is 0. The molecule has 0 aromatic heterocycles. The summed E-state index contributed by atoms with van der Waals surface area (Å²) in [6.45, 7) is 8.97. The predicted octanol–water partition coefficient (Wildman–Crippen LogP) is 6.16. The van der Waals surface area contributed by atoms with Crippen molar-refractivity contribution in [3.8, 4) is 11.5 Å². The maximum atomic E-state index is 12.9. The van der Waals surface area contributed by atoms with Crippen molar-refractivity contribution in [3.05, 3.63) is 57.6 Å². The van der Waals surface area contributed by atoms with Gasteiger partial charge < -0.3 is 20.1 Å². The number of amidine groups is 1. The van der Waals surface area contributed by atoms with Gasteiger partial charge in [0.25, 0.3) is 5.91 Å². The van der Waals surface area contributed by atoms with Crippen LogP contribution < -0.4 is 15.2 Å². The smallest absolute Gasteiger partial charge is 0.254 e. The average molecular weight is 494 g/mol. The van der Waals surface area contributed by atoms with Gasteiger partial charge in [-0.2, -0.15) is 0 Å². The summed E-state index contributed by atoms with van der Waals surface area (Å²) >= 11 is 12.8. The predicted molar refractivity (Wildman–Crippen MR) is 135 cm³/mol. The van der Waals surface area contributed by atoms with E-state index in [2.05, 4.69) is 0 Å². The molecule has 0 aliphatic carbocycles. The number of amides is 1. The number of hydrogen-bond donors (Lipinski definition) is 2. The molecule has 0 unspecified atom stereocenters. The lowest BCUT2D eigenvalue weighted by Gasteiger charge is -2.31. The Morgan fingerprint density at radius 3 is 1.91 bits per heavy atom. The molecule has 0 radical (unpaired) electrons. The summed E-state index contributed by atoms with van der Waals surface area (Å²) in [6, 6.07) is 10.5. The largest absolute Gasteiger partial charge is 0.494 e. The molecule has 0 saturated carbocycles. The average Bonchev–Trinajstić information content (AvgIpc) is 2.74. The van der Waals surface area contributed by atoms with Crippen LogP contribution in [0.15, 0.2) is 36.4 Å². The van der Waals surface area contributed by atoms with E-state index < -0.39 is 0 Å². The zero-order chi connectivity index (χ0) is 24.5. The lowest BCUT2D eigenvalue weighted by Crippen LogP contribution is -2.42. The lowest BCUT2D eigenvalue weighted by molar-refractivity contribution is 0.0643. The van der Waals surface area contributed by atoms with E-state index in [9.17, 15) is 4.79 Å². The molecule has 8 heteroatoms. The maximum Gasteiger partial charge on any atom is 0.254 e. The van der Waals surface area contributed by atoms with E-state index in [1.807, 2.05) is 27.7 Å². The van der Waals surface area contributed by atoms with Crippen molar-refractivity contribution in [3.63, 3.8) is 0 Å². The Morgan fingerprint density at radius 1 is 0.909 bits per heavy atom. The number of nitrogens with two attached hydrogens (primary N) is 1. The third kappa shape index (κ3) is 7.83. The molecule has 0 bridgehead atoms. The van der Waals surface area contributed by atoms with Gasteiger partial charge in [0, 0.05) is 23.2 Å². The minimum atomic E-state index is -0.105. The Kier molecular flexibility index (Phi) is 10.3. The molecule has 0 saturated heterocycles. The number of unbranched alkanes of at least 4 members (excludes halogenated alkanes) is 2. The van der Waals surface area contributed by atoms with Crippen LogP contribution >= 0.6 is 23.2 Å². The topological polar surface area (TPSA) is 88.6 Å². The fraction of sp³-hybridized carbons (Fsp3) is 0.440. The van der Waals surface area contributed by atoms with Crippen LogP contribution in [0.4, 0.5) is 0 Å². The highest BCUT2D eigenvalue weighted by atomic mass is 35.5. The first-order chi connectivity index (χ1) is 15.6. The van der Waals surface area contributed by atoms with Gasteiger partial charge in [0.1, 0.15) is 11.6 Å². The van der Waals surface area contributed by atoms with Gasteiger partial charge in [0.15, 0.2) is 5.75 Å². The van der Waals surface area contributed by atoms with Crippen LogP contribution in [0.25, 0.3) is 0 Å². The zero-order valence-corrected chi connectivity index (χ0v) is 21.2. The summed E-state index contributed by atoms with van der Waals surface area (Å²) < 4.78 is 11.5. The van der Waals surface area contributed by atoms with Crippen LogP contribution in [0.2, 0.25) is 10.0 Å². The van der Waals surface area contributed by atoms with Gasteiger partial charge in [-0.3, -0.25) is 10.2 Å². The van der Waals surface area contributed by atoms with Crippen LogP contribution in [0.3, 0.4) is 0 Å². The standard InChI is InChI=1S/C25H33Cl2N3O3/c1-16(2)30(17(3)4)25(31)19-14-21(26)23(22(27)15-19)33-13-7-5-6-12-32-20-10-8-18(9-11-20)24(28)29/h8-11,14-17H,5-7,12-13H2,1-4H3,(H3,28,29). The Hall–Kier alpha value is -2.44. The molecule has 0 atom stereocenters. The molecule has 0 fully saturated rings. The Bertz CT molecular complexity index is 915. The van der Waals surface area contributed by atoms with Gasteiger partial charge >= 0.3 is 0 Å². The van der Waals surface area contributed by atoms with E-state index in [1.165, 1.54) is 0 Å². The van der Waals surface area contributed by atoms with Gasteiger partial charge in [0.2, 0.25) is 0 Å². The molecular formula is C25H33Cl2N3O3. The summed E-state index contributed by atoms with van der Waals surface area (Å²) in [5.41, 5.74) is 6.57. The fourth-order valence-electron chi connectivity index (χ4n) is 3.51. The minimum Gasteiger partial charge on any atom is -0.494 e. The molecule has 3 N–H and O–H groups in total. The first-order valence-electron chi connectivity index (χ1n) is 11.1. The van der Waals surface area contributed by atoms with Crippen molar-refractivity contribution in [2.24, 2.45) is 5.73 Å². The molecule has 0 aliphatic rings. The van der Waals surface area contributed by atoms with Crippen LogP contribution in [0, 0.1) is 5.41 Å². The Morgan fingerprint density at radius 2 is 1.42 bits per heavy atom. The number of benzene rings is 2. The van der Waals surface area contributed by atoms with E-state index in [4.69, 9.17) is 43.8 Å². The van der Waals surface area contributed by atoms with Crippen LogP contribution in [-0.2, 0) is 0 Å². The van der Waals surface area contributed by atoms with Gasteiger partial charge in [-0.1, -0.05) is 23.2 Å². The van der Waals surface area contributed by atoms with Crippen molar-refractivity contribution in [1.29, 1.82) is 5.41 Å². The Labute approximate surface area is 206 Å².